The van der Waals surface area contributed by atoms with Crippen molar-refractivity contribution in [2.45, 2.75) is 12.3 Å². The molecule has 1 aliphatic rings. The van der Waals surface area contributed by atoms with Crippen molar-refractivity contribution in [3.63, 3.8) is 0 Å². The Balaban J connectivity index is 1.55. The molecule has 1 aliphatic heterocycles. The summed E-state index contributed by atoms with van der Waals surface area (Å²) in [6, 6.07) is 17.6. The molecule has 2 heterocycles. The third-order valence-electron chi connectivity index (χ3n) is 4.61. The topological polar surface area (TPSA) is 62.5 Å². The molecule has 4 rings (SSSR count). The number of rotatable bonds is 4. The van der Waals surface area contributed by atoms with Gasteiger partial charge < -0.3 is 14.3 Å². The highest BCUT2D eigenvalue weighted by molar-refractivity contribution is 5.96. The zero-order valence-corrected chi connectivity index (χ0v) is 14.8. The Labute approximate surface area is 152 Å². The van der Waals surface area contributed by atoms with E-state index in [0.29, 0.717) is 24.7 Å². The van der Waals surface area contributed by atoms with E-state index in [1.807, 2.05) is 73.6 Å². The van der Waals surface area contributed by atoms with Crippen molar-refractivity contribution >= 4 is 17.3 Å². The lowest BCUT2D eigenvalue weighted by molar-refractivity contribution is -0.117. The Morgan fingerprint density at radius 3 is 2.69 bits per heavy atom. The van der Waals surface area contributed by atoms with Crippen LogP contribution in [0.4, 0.5) is 11.4 Å². The number of benzene rings is 2. The second kappa shape index (κ2) is 6.63. The molecule has 0 N–H and O–H groups in total. The van der Waals surface area contributed by atoms with E-state index in [2.05, 4.69) is 10.1 Å². The summed E-state index contributed by atoms with van der Waals surface area (Å²) in [5.74, 6) is 1.09. The van der Waals surface area contributed by atoms with Crippen LogP contribution in [0.2, 0.25) is 0 Å². The average molecular weight is 348 g/mol. The lowest BCUT2D eigenvalue weighted by Gasteiger charge is -2.15. The van der Waals surface area contributed by atoms with Crippen molar-refractivity contribution in [2.24, 2.45) is 0 Å². The second-order valence-corrected chi connectivity index (χ2v) is 6.64. The molecule has 3 aromatic rings. The maximum Gasteiger partial charge on any atom is 0.258 e. The fourth-order valence-corrected chi connectivity index (χ4v) is 3.17. The Kier molecular flexibility index (Phi) is 4.16. The molecule has 1 atom stereocenters. The van der Waals surface area contributed by atoms with Gasteiger partial charge in [0, 0.05) is 49.9 Å². The van der Waals surface area contributed by atoms with Gasteiger partial charge in [0.2, 0.25) is 5.91 Å². The molecule has 0 aliphatic carbocycles. The number of hydrogen-bond acceptors (Lipinski definition) is 5. The van der Waals surface area contributed by atoms with Crippen LogP contribution in [-0.2, 0) is 4.79 Å². The van der Waals surface area contributed by atoms with Gasteiger partial charge in [0.05, 0.1) is 0 Å². The standard InChI is InChI=1S/C20H20N4O2/c1-23(2)17-10-6-7-14(11-17)20-21-19(22-26-20)15-12-18(25)24(13-15)16-8-4-3-5-9-16/h3-11,15H,12-13H2,1-2H3. The molecular weight excluding hydrogens is 328 g/mol. The smallest absolute Gasteiger partial charge is 0.258 e. The summed E-state index contributed by atoms with van der Waals surface area (Å²) in [7, 11) is 3.97. The summed E-state index contributed by atoms with van der Waals surface area (Å²) >= 11 is 0. The van der Waals surface area contributed by atoms with E-state index in [9.17, 15) is 4.79 Å². The minimum Gasteiger partial charge on any atom is -0.378 e. The zero-order valence-electron chi connectivity index (χ0n) is 14.8. The first-order chi connectivity index (χ1) is 12.6. The van der Waals surface area contributed by atoms with Gasteiger partial charge in [-0.1, -0.05) is 29.4 Å². The number of carbonyl (C=O) groups is 1. The third kappa shape index (κ3) is 3.06. The Hall–Kier alpha value is -3.15. The van der Waals surface area contributed by atoms with Gasteiger partial charge in [-0.3, -0.25) is 4.79 Å². The van der Waals surface area contributed by atoms with Gasteiger partial charge in [-0.15, -0.1) is 0 Å². The Morgan fingerprint density at radius 1 is 1.12 bits per heavy atom. The fraction of sp³-hybridized carbons (Fsp3) is 0.250. The van der Waals surface area contributed by atoms with E-state index in [4.69, 9.17) is 4.52 Å². The maximum absolute atomic E-state index is 12.4. The molecule has 1 saturated heterocycles. The molecule has 0 saturated carbocycles. The highest BCUT2D eigenvalue weighted by atomic mass is 16.5. The van der Waals surface area contributed by atoms with Gasteiger partial charge in [-0.05, 0) is 30.3 Å². The Bertz CT molecular complexity index is 920. The van der Waals surface area contributed by atoms with Crippen molar-refractivity contribution in [1.29, 1.82) is 0 Å². The van der Waals surface area contributed by atoms with Crippen LogP contribution in [0.5, 0.6) is 0 Å². The third-order valence-corrected chi connectivity index (χ3v) is 4.61. The minimum atomic E-state index is -0.0581. The van der Waals surface area contributed by atoms with Crippen molar-refractivity contribution in [3.8, 4) is 11.5 Å². The van der Waals surface area contributed by atoms with E-state index < -0.39 is 0 Å². The SMILES string of the molecule is CN(C)c1cccc(-c2nc(C3CC(=O)N(c4ccccc4)C3)no2)c1. The van der Waals surface area contributed by atoms with Gasteiger partial charge >= 0.3 is 0 Å². The van der Waals surface area contributed by atoms with E-state index in [1.54, 1.807) is 4.90 Å². The summed E-state index contributed by atoms with van der Waals surface area (Å²) in [5.41, 5.74) is 2.84. The largest absolute Gasteiger partial charge is 0.378 e. The molecule has 6 heteroatoms. The molecule has 0 bridgehead atoms. The van der Waals surface area contributed by atoms with E-state index in [1.165, 1.54) is 0 Å². The minimum absolute atomic E-state index is 0.0581. The monoisotopic (exact) mass is 348 g/mol. The van der Waals surface area contributed by atoms with Crippen LogP contribution in [0.25, 0.3) is 11.5 Å². The molecule has 2 aromatic carbocycles. The van der Waals surface area contributed by atoms with E-state index in [0.717, 1.165) is 16.9 Å². The molecule has 1 aromatic heterocycles. The van der Waals surface area contributed by atoms with Crippen LogP contribution in [0.3, 0.4) is 0 Å². The van der Waals surface area contributed by atoms with Gasteiger partial charge in [-0.25, -0.2) is 0 Å². The van der Waals surface area contributed by atoms with Crippen LogP contribution in [-0.4, -0.2) is 36.7 Å². The summed E-state index contributed by atoms with van der Waals surface area (Å²) in [4.78, 5) is 20.7. The number of aromatic nitrogens is 2. The first-order valence-electron chi connectivity index (χ1n) is 8.58. The molecular formula is C20H20N4O2. The van der Waals surface area contributed by atoms with E-state index in [-0.39, 0.29) is 11.8 Å². The second-order valence-electron chi connectivity index (χ2n) is 6.64. The predicted octanol–water partition coefficient (Wildman–Crippen LogP) is 3.32. The normalized spacial score (nSPS) is 16.9. The zero-order chi connectivity index (χ0) is 18.1. The van der Waals surface area contributed by atoms with Crippen LogP contribution in [0.15, 0.2) is 59.1 Å². The number of carbonyl (C=O) groups excluding carboxylic acids is 1. The number of para-hydroxylation sites is 1. The number of nitrogens with zero attached hydrogens (tertiary/aromatic N) is 4. The first kappa shape index (κ1) is 16.3. The predicted molar refractivity (Wildman–Crippen MR) is 100 cm³/mol. The summed E-state index contributed by atoms with van der Waals surface area (Å²) < 4.78 is 5.46. The van der Waals surface area contributed by atoms with Crippen LogP contribution in [0, 0.1) is 0 Å². The lowest BCUT2D eigenvalue weighted by Crippen LogP contribution is -2.24. The molecule has 0 radical (unpaired) electrons. The first-order valence-corrected chi connectivity index (χ1v) is 8.58. The Morgan fingerprint density at radius 2 is 1.92 bits per heavy atom. The van der Waals surface area contributed by atoms with Crippen molar-refractivity contribution in [2.75, 3.05) is 30.4 Å². The maximum atomic E-state index is 12.4. The molecule has 1 unspecified atom stereocenters. The average Bonchev–Trinajstić information content (AvgIpc) is 3.29. The van der Waals surface area contributed by atoms with E-state index >= 15 is 0 Å². The lowest BCUT2D eigenvalue weighted by atomic mass is 10.1. The number of hydrogen-bond donors (Lipinski definition) is 0. The molecule has 6 nitrogen and oxygen atoms in total. The highest BCUT2D eigenvalue weighted by Gasteiger charge is 2.34. The number of amides is 1. The van der Waals surface area contributed by atoms with Gasteiger partial charge in [0.15, 0.2) is 5.82 Å². The summed E-state index contributed by atoms with van der Waals surface area (Å²) in [5, 5.41) is 4.13. The van der Waals surface area contributed by atoms with Gasteiger partial charge in [-0.2, -0.15) is 4.98 Å². The van der Waals surface area contributed by atoms with Crippen molar-refractivity contribution in [3.05, 3.63) is 60.4 Å². The molecule has 132 valence electrons. The molecule has 26 heavy (non-hydrogen) atoms. The van der Waals surface area contributed by atoms with Gasteiger partial charge in [0.25, 0.3) is 5.89 Å². The number of anilines is 2. The molecule has 1 amide bonds. The van der Waals surface area contributed by atoms with Crippen LogP contribution >= 0.6 is 0 Å². The quantitative estimate of drug-likeness (QED) is 0.724. The van der Waals surface area contributed by atoms with Gasteiger partial charge in [0.1, 0.15) is 0 Å². The van der Waals surface area contributed by atoms with Crippen molar-refractivity contribution in [1.82, 2.24) is 10.1 Å². The van der Waals surface area contributed by atoms with Crippen LogP contribution < -0.4 is 9.80 Å². The van der Waals surface area contributed by atoms with Crippen molar-refractivity contribution < 1.29 is 9.32 Å². The summed E-state index contributed by atoms with van der Waals surface area (Å²) in [6.45, 7) is 0.569. The molecule has 0 spiro atoms. The summed E-state index contributed by atoms with van der Waals surface area (Å²) in [6.07, 6.45) is 0.394. The molecule has 1 fully saturated rings. The fourth-order valence-electron chi connectivity index (χ4n) is 3.17. The highest BCUT2D eigenvalue weighted by Crippen LogP contribution is 2.31. The van der Waals surface area contributed by atoms with Crippen LogP contribution in [0.1, 0.15) is 18.2 Å².